The second-order valence-corrected chi connectivity index (χ2v) is 5.46. The molecule has 0 aromatic heterocycles. The minimum absolute atomic E-state index is 0.245. The maximum atomic E-state index is 3.61. The highest BCUT2D eigenvalue weighted by atomic mass is 15.1. The summed E-state index contributed by atoms with van der Waals surface area (Å²) in [4.78, 5) is 2.49. The van der Waals surface area contributed by atoms with E-state index in [0.717, 1.165) is 0 Å². The summed E-state index contributed by atoms with van der Waals surface area (Å²) < 4.78 is 0. The first-order valence-electron chi connectivity index (χ1n) is 6.39. The number of rotatable bonds is 7. The van der Waals surface area contributed by atoms with Gasteiger partial charge < -0.3 is 10.2 Å². The Hall–Kier alpha value is -0.0800. The second-order valence-electron chi connectivity index (χ2n) is 5.46. The first kappa shape index (κ1) is 14.9. The smallest absolute Gasteiger partial charge is 0.00989 e. The van der Waals surface area contributed by atoms with Crippen molar-refractivity contribution in [3.05, 3.63) is 0 Å². The fraction of sp³-hybridized carbons (Fsp3) is 1.00. The van der Waals surface area contributed by atoms with Crippen LogP contribution in [0.25, 0.3) is 0 Å². The Morgan fingerprint density at radius 2 is 1.67 bits per heavy atom. The molecule has 1 N–H and O–H groups in total. The Bertz CT molecular complexity index is 145. The van der Waals surface area contributed by atoms with Crippen molar-refractivity contribution in [2.45, 2.75) is 66.0 Å². The van der Waals surface area contributed by atoms with Gasteiger partial charge in [-0.15, -0.1) is 0 Å². The Morgan fingerprint density at radius 3 is 2.07 bits per heavy atom. The number of hydrogen-bond acceptors (Lipinski definition) is 2. The lowest BCUT2D eigenvalue weighted by molar-refractivity contribution is 0.282. The van der Waals surface area contributed by atoms with Crippen LogP contribution in [-0.4, -0.2) is 36.1 Å². The van der Waals surface area contributed by atoms with E-state index in [9.17, 15) is 0 Å². The van der Waals surface area contributed by atoms with Crippen molar-refractivity contribution in [2.75, 3.05) is 19.6 Å². The van der Waals surface area contributed by atoms with E-state index in [1.807, 2.05) is 0 Å². The molecule has 0 aliphatic carbocycles. The third-order valence-corrected chi connectivity index (χ3v) is 2.69. The van der Waals surface area contributed by atoms with Gasteiger partial charge in [-0.3, -0.25) is 0 Å². The van der Waals surface area contributed by atoms with Gasteiger partial charge in [0.2, 0.25) is 0 Å². The second kappa shape index (κ2) is 7.24. The SMILES string of the molecule is CCN(CC)CCCC(C)NC(C)(C)C. The summed E-state index contributed by atoms with van der Waals surface area (Å²) in [7, 11) is 0. The van der Waals surface area contributed by atoms with Crippen molar-refractivity contribution >= 4 is 0 Å². The van der Waals surface area contributed by atoms with Gasteiger partial charge in [-0.25, -0.2) is 0 Å². The summed E-state index contributed by atoms with van der Waals surface area (Å²) in [5.41, 5.74) is 0.245. The Kier molecular flexibility index (Phi) is 7.20. The van der Waals surface area contributed by atoms with Crippen molar-refractivity contribution < 1.29 is 0 Å². The topological polar surface area (TPSA) is 15.3 Å². The van der Waals surface area contributed by atoms with Gasteiger partial charge in [-0.1, -0.05) is 13.8 Å². The molecule has 0 rings (SSSR count). The maximum absolute atomic E-state index is 3.61. The molecule has 2 nitrogen and oxygen atoms in total. The van der Waals surface area contributed by atoms with Gasteiger partial charge in [0, 0.05) is 11.6 Å². The van der Waals surface area contributed by atoms with Crippen molar-refractivity contribution in [1.29, 1.82) is 0 Å². The molecule has 0 heterocycles. The highest BCUT2D eigenvalue weighted by Crippen LogP contribution is 2.05. The first-order valence-corrected chi connectivity index (χ1v) is 6.39. The molecular weight excluding hydrogens is 184 g/mol. The highest BCUT2D eigenvalue weighted by molar-refractivity contribution is 4.75. The molecule has 0 aliphatic rings. The Morgan fingerprint density at radius 1 is 1.13 bits per heavy atom. The van der Waals surface area contributed by atoms with Crippen LogP contribution in [0, 0.1) is 0 Å². The first-order chi connectivity index (χ1) is 6.89. The van der Waals surface area contributed by atoms with Crippen LogP contribution < -0.4 is 5.32 Å². The minimum atomic E-state index is 0.245. The summed E-state index contributed by atoms with van der Waals surface area (Å²) in [6.45, 7) is 17.0. The third-order valence-electron chi connectivity index (χ3n) is 2.69. The molecule has 0 bridgehead atoms. The molecule has 1 atom stereocenters. The number of hydrogen-bond donors (Lipinski definition) is 1. The predicted octanol–water partition coefficient (Wildman–Crippen LogP) is 2.89. The normalized spacial score (nSPS) is 14.6. The Labute approximate surface area is 96.4 Å². The summed E-state index contributed by atoms with van der Waals surface area (Å²) in [6, 6.07) is 0.626. The largest absolute Gasteiger partial charge is 0.310 e. The molecule has 0 aromatic rings. The van der Waals surface area contributed by atoms with Gasteiger partial charge in [-0.05, 0) is 60.2 Å². The molecule has 1 unspecified atom stereocenters. The summed E-state index contributed by atoms with van der Waals surface area (Å²) in [5.74, 6) is 0. The van der Waals surface area contributed by atoms with Crippen LogP contribution in [0.15, 0.2) is 0 Å². The quantitative estimate of drug-likeness (QED) is 0.701. The van der Waals surface area contributed by atoms with Crippen LogP contribution in [-0.2, 0) is 0 Å². The molecule has 0 amide bonds. The zero-order valence-corrected chi connectivity index (χ0v) is 11.6. The molecule has 0 fully saturated rings. The van der Waals surface area contributed by atoms with E-state index in [4.69, 9.17) is 0 Å². The average Bonchev–Trinajstić information content (AvgIpc) is 2.09. The van der Waals surface area contributed by atoms with E-state index >= 15 is 0 Å². The summed E-state index contributed by atoms with van der Waals surface area (Å²) in [5, 5.41) is 3.61. The van der Waals surface area contributed by atoms with Crippen LogP contribution in [0.3, 0.4) is 0 Å². The van der Waals surface area contributed by atoms with E-state index in [2.05, 4.69) is 51.8 Å². The molecule has 0 saturated heterocycles. The average molecular weight is 214 g/mol. The van der Waals surface area contributed by atoms with Gasteiger partial charge in [0.1, 0.15) is 0 Å². The van der Waals surface area contributed by atoms with Gasteiger partial charge in [0.05, 0.1) is 0 Å². The number of nitrogens with one attached hydrogen (secondary N) is 1. The van der Waals surface area contributed by atoms with Crippen molar-refractivity contribution in [1.82, 2.24) is 10.2 Å². The number of nitrogens with zero attached hydrogens (tertiary/aromatic N) is 1. The van der Waals surface area contributed by atoms with Crippen LogP contribution in [0.2, 0.25) is 0 Å². The fourth-order valence-corrected chi connectivity index (χ4v) is 1.97. The van der Waals surface area contributed by atoms with Crippen LogP contribution in [0.1, 0.15) is 54.4 Å². The standard InChI is InChI=1S/C13H30N2/c1-7-15(8-2)11-9-10-12(3)14-13(4,5)6/h12,14H,7-11H2,1-6H3. The molecule has 2 heteroatoms. The Balaban J connectivity index is 3.58. The zero-order chi connectivity index (χ0) is 11.9. The van der Waals surface area contributed by atoms with Crippen LogP contribution in [0.5, 0.6) is 0 Å². The molecule has 0 aromatic carbocycles. The molecule has 0 aliphatic heterocycles. The fourth-order valence-electron chi connectivity index (χ4n) is 1.97. The molecular formula is C13H30N2. The monoisotopic (exact) mass is 214 g/mol. The van der Waals surface area contributed by atoms with Crippen molar-refractivity contribution in [3.63, 3.8) is 0 Å². The van der Waals surface area contributed by atoms with Crippen molar-refractivity contribution in [3.8, 4) is 0 Å². The summed E-state index contributed by atoms with van der Waals surface area (Å²) >= 11 is 0. The van der Waals surface area contributed by atoms with E-state index in [1.54, 1.807) is 0 Å². The van der Waals surface area contributed by atoms with E-state index in [-0.39, 0.29) is 5.54 Å². The molecule has 0 spiro atoms. The van der Waals surface area contributed by atoms with Gasteiger partial charge >= 0.3 is 0 Å². The van der Waals surface area contributed by atoms with Crippen LogP contribution >= 0.6 is 0 Å². The highest BCUT2D eigenvalue weighted by Gasteiger charge is 2.13. The predicted molar refractivity (Wildman–Crippen MR) is 69.4 cm³/mol. The molecule has 0 radical (unpaired) electrons. The van der Waals surface area contributed by atoms with Gasteiger partial charge in [-0.2, -0.15) is 0 Å². The lowest BCUT2D eigenvalue weighted by atomic mass is 10.1. The third kappa shape index (κ3) is 8.88. The van der Waals surface area contributed by atoms with E-state index < -0.39 is 0 Å². The molecule has 15 heavy (non-hydrogen) atoms. The van der Waals surface area contributed by atoms with Gasteiger partial charge in [0.25, 0.3) is 0 Å². The van der Waals surface area contributed by atoms with E-state index in [1.165, 1.54) is 32.5 Å². The maximum Gasteiger partial charge on any atom is 0.00989 e. The van der Waals surface area contributed by atoms with Crippen molar-refractivity contribution in [2.24, 2.45) is 0 Å². The lowest BCUT2D eigenvalue weighted by Crippen LogP contribution is -2.42. The summed E-state index contributed by atoms with van der Waals surface area (Å²) in [6.07, 6.45) is 2.57. The molecule has 0 saturated carbocycles. The zero-order valence-electron chi connectivity index (χ0n) is 11.6. The molecule has 92 valence electrons. The van der Waals surface area contributed by atoms with Gasteiger partial charge in [0.15, 0.2) is 0 Å². The van der Waals surface area contributed by atoms with Crippen LogP contribution in [0.4, 0.5) is 0 Å². The van der Waals surface area contributed by atoms with E-state index in [0.29, 0.717) is 6.04 Å². The minimum Gasteiger partial charge on any atom is -0.310 e. The lowest BCUT2D eigenvalue weighted by Gasteiger charge is -2.27.